The maximum Gasteiger partial charge on any atom is 0.227 e. The summed E-state index contributed by atoms with van der Waals surface area (Å²) in [5.74, 6) is 1.76. The van der Waals surface area contributed by atoms with Crippen LogP contribution in [-0.2, 0) is 17.6 Å². The third kappa shape index (κ3) is 5.74. The van der Waals surface area contributed by atoms with E-state index in [4.69, 9.17) is 0 Å². The van der Waals surface area contributed by atoms with Crippen molar-refractivity contribution in [2.45, 2.75) is 25.7 Å². The van der Waals surface area contributed by atoms with Gasteiger partial charge >= 0.3 is 0 Å². The predicted molar refractivity (Wildman–Crippen MR) is 140 cm³/mol. The number of nitrogens with zero attached hydrogens (tertiary/aromatic N) is 4. The zero-order chi connectivity index (χ0) is 23.9. The van der Waals surface area contributed by atoms with Crippen molar-refractivity contribution in [3.05, 3.63) is 89.7 Å². The number of hydrogen-bond donors (Lipinski definition) is 2. The second kappa shape index (κ2) is 11.0. The second-order valence-corrected chi connectivity index (χ2v) is 8.87. The number of amides is 1. The first-order valence-electron chi connectivity index (χ1n) is 12.2. The minimum Gasteiger partial charge on any atom is -0.368 e. The molecule has 1 amide bonds. The number of nitrogens with one attached hydrogen (secondary N) is 2. The Balaban J connectivity index is 1.15. The highest BCUT2D eigenvalue weighted by Crippen LogP contribution is 2.24. The fraction of sp³-hybridized carbons (Fsp3) is 0.286. The molecule has 0 saturated carbocycles. The molecule has 2 aromatic heterocycles. The Kier molecular flexibility index (Phi) is 7.13. The smallest absolute Gasteiger partial charge is 0.227 e. The molecule has 1 fully saturated rings. The molecular formula is C28H30N6O. The lowest BCUT2D eigenvalue weighted by atomic mass is 10.0. The summed E-state index contributed by atoms with van der Waals surface area (Å²) in [5, 5.41) is 17.9. The molecule has 2 N–H and O–H groups in total. The number of aromatic nitrogens is 3. The van der Waals surface area contributed by atoms with E-state index >= 15 is 0 Å². The minimum atomic E-state index is 0.192. The molecule has 0 spiro atoms. The third-order valence-electron chi connectivity index (χ3n) is 6.34. The van der Waals surface area contributed by atoms with Gasteiger partial charge in [0.25, 0.3) is 0 Å². The monoisotopic (exact) mass is 466 g/mol. The lowest BCUT2D eigenvalue weighted by Crippen LogP contribution is -2.29. The molecule has 4 aromatic rings. The van der Waals surface area contributed by atoms with Crippen LogP contribution >= 0.6 is 0 Å². The summed E-state index contributed by atoms with van der Waals surface area (Å²) in [6.07, 6.45) is 5.18. The van der Waals surface area contributed by atoms with Crippen LogP contribution in [0.2, 0.25) is 0 Å². The number of hydrogen-bond acceptors (Lipinski definition) is 6. The van der Waals surface area contributed by atoms with Crippen LogP contribution in [0.1, 0.15) is 29.7 Å². The molecule has 0 aliphatic carbocycles. The first-order valence-corrected chi connectivity index (χ1v) is 12.2. The molecule has 7 nitrogen and oxygen atoms in total. The van der Waals surface area contributed by atoms with E-state index in [0.717, 1.165) is 66.0 Å². The third-order valence-corrected chi connectivity index (χ3v) is 6.34. The van der Waals surface area contributed by atoms with Crippen molar-refractivity contribution in [2.24, 2.45) is 0 Å². The van der Waals surface area contributed by atoms with E-state index < -0.39 is 0 Å². The summed E-state index contributed by atoms with van der Waals surface area (Å²) >= 11 is 0. The lowest BCUT2D eigenvalue weighted by Gasteiger charge is -2.15. The highest BCUT2D eigenvalue weighted by atomic mass is 16.2. The highest BCUT2D eigenvalue weighted by molar-refractivity contribution is 5.93. The Morgan fingerprint density at radius 2 is 1.54 bits per heavy atom. The van der Waals surface area contributed by atoms with Gasteiger partial charge in [-0.15, -0.1) is 5.10 Å². The Morgan fingerprint density at radius 3 is 2.31 bits per heavy atom. The van der Waals surface area contributed by atoms with Crippen molar-refractivity contribution in [2.75, 3.05) is 36.8 Å². The topological polar surface area (TPSA) is 83.0 Å². The number of rotatable bonds is 9. The molecule has 5 rings (SSSR count). The van der Waals surface area contributed by atoms with Gasteiger partial charge in [-0.1, -0.05) is 60.7 Å². The predicted octanol–water partition coefficient (Wildman–Crippen LogP) is 4.30. The lowest BCUT2D eigenvalue weighted by molar-refractivity contribution is -0.129. The average Bonchev–Trinajstić information content (AvgIpc) is 3.45. The molecule has 1 aliphatic rings. The van der Waals surface area contributed by atoms with Gasteiger partial charge in [-0.2, -0.15) is 5.10 Å². The fourth-order valence-electron chi connectivity index (χ4n) is 4.47. The first-order chi connectivity index (χ1) is 17.3. The van der Waals surface area contributed by atoms with Crippen molar-refractivity contribution >= 4 is 28.3 Å². The van der Waals surface area contributed by atoms with E-state index in [0.29, 0.717) is 19.5 Å². The maximum atomic E-state index is 12.3. The van der Waals surface area contributed by atoms with Gasteiger partial charge in [0, 0.05) is 49.6 Å². The summed E-state index contributed by atoms with van der Waals surface area (Å²) in [7, 11) is 0. The number of carbonyl (C=O) groups excluding carboxylic acids is 1. The van der Waals surface area contributed by atoms with E-state index in [9.17, 15) is 4.79 Å². The molecule has 178 valence electrons. The van der Waals surface area contributed by atoms with Crippen LogP contribution in [0.25, 0.3) is 10.8 Å². The quantitative estimate of drug-likeness (QED) is 0.358. The highest BCUT2D eigenvalue weighted by Gasteiger charge is 2.18. The van der Waals surface area contributed by atoms with Crippen molar-refractivity contribution in [1.29, 1.82) is 0 Å². The number of pyridine rings is 1. The molecule has 3 heterocycles. The molecule has 0 unspecified atom stereocenters. The van der Waals surface area contributed by atoms with Gasteiger partial charge in [0.1, 0.15) is 5.82 Å². The van der Waals surface area contributed by atoms with Crippen LogP contribution in [0.3, 0.4) is 0 Å². The molecule has 0 bridgehead atoms. The van der Waals surface area contributed by atoms with Crippen molar-refractivity contribution in [3.8, 4) is 0 Å². The van der Waals surface area contributed by atoms with E-state index in [-0.39, 0.29) is 5.91 Å². The molecule has 1 saturated heterocycles. The maximum absolute atomic E-state index is 12.3. The Bertz CT molecular complexity index is 1270. The zero-order valence-electron chi connectivity index (χ0n) is 19.8. The van der Waals surface area contributed by atoms with Gasteiger partial charge in [0.05, 0.1) is 12.1 Å². The zero-order valence-corrected chi connectivity index (χ0v) is 19.8. The van der Waals surface area contributed by atoms with Crippen LogP contribution in [-0.4, -0.2) is 52.2 Å². The number of likely N-dealkylation sites (tertiary alicyclic amines) is 1. The normalized spacial score (nSPS) is 13.2. The second-order valence-electron chi connectivity index (χ2n) is 8.87. The molecule has 0 radical (unpaired) electrons. The molecular weight excluding hydrogens is 436 g/mol. The summed E-state index contributed by atoms with van der Waals surface area (Å²) in [4.78, 5) is 18.7. The van der Waals surface area contributed by atoms with Crippen LogP contribution in [0.15, 0.2) is 72.9 Å². The molecule has 2 aromatic carbocycles. The minimum absolute atomic E-state index is 0.192. The van der Waals surface area contributed by atoms with Crippen molar-refractivity contribution in [1.82, 2.24) is 20.1 Å². The van der Waals surface area contributed by atoms with Gasteiger partial charge in [0.2, 0.25) is 5.91 Å². The van der Waals surface area contributed by atoms with E-state index in [1.165, 1.54) is 5.56 Å². The van der Waals surface area contributed by atoms with Crippen LogP contribution in [0.5, 0.6) is 0 Å². The Morgan fingerprint density at radius 1 is 0.800 bits per heavy atom. The average molecular weight is 467 g/mol. The molecule has 7 heteroatoms. The molecule has 0 atom stereocenters. The van der Waals surface area contributed by atoms with E-state index in [2.05, 4.69) is 50.1 Å². The van der Waals surface area contributed by atoms with E-state index in [1.807, 2.05) is 47.4 Å². The number of benzene rings is 2. The summed E-state index contributed by atoms with van der Waals surface area (Å²) < 4.78 is 0. The van der Waals surface area contributed by atoms with Gasteiger partial charge in [-0.3, -0.25) is 4.79 Å². The van der Waals surface area contributed by atoms with Gasteiger partial charge < -0.3 is 15.5 Å². The van der Waals surface area contributed by atoms with E-state index in [1.54, 1.807) is 6.20 Å². The number of fused-ring (bicyclic) bond motifs is 1. The first kappa shape index (κ1) is 22.8. The summed E-state index contributed by atoms with van der Waals surface area (Å²) in [5.41, 5.74) is 3.14. The van der Waals surface area contributed by atoms with Gasteiger partial charge in [-0.05, 0) is 30.0 Å². The van der Waals surface area contributed by atoms with Crippen LogP contribution in [0.4, 0.5) is 11.6 Å². The largest absolute Gasteiger partial charge is 0.368 e. The summed E-state index contributed by atoms with van der Waals surface area (Å²) in [6.45, 7) is 3.12. The molecule has 35 heavy (non-hydrogen) atoms. The van der Waals surface area contributed by atoms with Crippen molar-refractivity contribution in [3.63, 3.8) is 0 Å². The van der Waals surface area contributed by atoms with Crippen LogP contribution in [0, 0.1) is 0 Å². The van der Waals surface area contributed by atoms with Gasteiger partial charge in [0.15, 0.2) is 5.82 Å². The number of carbonyl (C=O) groups is 1. The van der Waals surface area contributed by atoms with Crippen LogP contribution < -0.4 is 10.6 Å². The summed E-state index contributed by atoms with van der Waals surface area (Å²) in [6, 6.07) is 22.5. The Labute approximate surface area is 205 Å². The van der Waals surface area contributed by atoms with Gasteiger partial charge in [-0.25, -0.2) is 4.98 Å². The number of anilines is 2. The van der Waals surface area contributed by atoms with Crippen molar-refractivity contribution < 1.29 is 4.79 Å². The fourth-order valence-corrected chi connectivity index (χ4v) is 4.47. The standard InChI is InChI=1S/C28H30N6O/c35-27(34-16-6-7-17-34)19-22-12-13-26(31-20-22)29-14-15-30-28-24-11-5-4-10-23(24)25(32-33-28)18-21-8-2-1-3-9-21/h1-5,8-13,20H,6-7,14-19H2,(H,29,31)(H,30,33). The SMILES string of the molecule is O=C(Cc1ccc(NCCNc2nnc(Cc3ccccc3)c3ccccc23)nc1)N1CCCC1. The molecule has 1 aliphatic heterocycles. The Hall–Kier alpha value is -4.00.